The van der Waals surface area contributed by atoms with E-state index in [9.17, 15) is 4.79 Å². The van der Waals surface area contributed by atoms with Crippen LogP contribution in [0.1, 0.15) is 18.4 Å². The molecule has 1 aliphatic rings. The van der Waals surface area contributed by atoms with Gasteiger partial charge < -0.3 is 9.69 Å². The molecule has 14 heavy (non-hydrogen) atoms. The Morgan fingerprint density at radius 3 is 2.64 bits per heavy atom. The van der Waals surface area contributed by atoms with Crippen LogP contribution in [0, 0.1) is 0 Å². The van der Waals surface area contributed by atoms with Crippen molar-refractivity contribution in [2.75, 3.05) is 18.0 Å². The lowest BCUT2D eigenvalue weighted by molar-refractivity contribution is -0.107. The van der Waals surface area contributed by atoms with E-state index in [0.717, 1.165) is 24.9 Å². The normalized spacial score (nSPS) is 15.9. The van der Waals surface area contributed by atoms with Gasteiger partial charge >= 0.3 is 0 Å². The first-order chi connectivity index (χ1) is 6.92. The Hall–Kier alpha value is -1.31. The number of carbonyl (C=O) groups excluding carboxylic acids is 1. The molecule has 0 aromatic heterocycles. The molecule has 0 radical (unpaired) electrons. The Morgan fingerprint density at radius 2 is 1.93 bits per heavy atom. The molecule has 2 rings (SSSR count). The molecule has 1 heterocycles. The average Bonchev–Trinajstić information content (AvgIpc) is 2.72. The van der Waals surface area contributed by atoms with Gasteiger partial charge in [-0.1, -0.05) is 18.2 Å². The molecule has 2 heteroatoms. The highest BCUT2D eigenvalue weighted by Gasteiger charge is 2.14. The molecule has 0 amide bonds. The molecule has 1 aliphatic heterocycles. The van der Waals surface area contributed by atoms with E-state index in [0.29, 0.717) is 6.42 Å². The Bertz CT molecular complexity index is 316. The average molecular weight is 189 g/mol. The maximum absolute atomic E-state index is 10.5. The van der Waals surface area contributed by atoms with Gasteiger partial charge in [-0.05, 0) is 24.5 Å². The molecule has 1 saturated heterocycles. The summed E-state index contributed by atoms with van der Waals surface area (Å²) >= 11 is 0. The van der Waals surface area contributed by atoms with Gasteiger partial charge in [-0.25, -0.2) is 0 Å². The van der Waals surface area contributed by atoms with Gasteiger partial charge in [0.15, 0.2) is 0 Å². The molecule has 74 valence electrons. The third-order valence-electron chi connectivity index (χ3n) is 2.74. The van der Waals surface area contributed by atoms with Crippen LogP contribution in [0.25, 0.3) is 0 Å². The second-order valence-electron chi connectivity index (χ2n) is 3.69. The van der Waals surface area contributed by atoms with Crippen LogP contribution in [0.2, 0.25) is 0 Å². The minimum absolute atomic E-state index is 0.534. The number of para-hydroxylation sites is 1. The topological polar surface area (TPSA) is 20.3 Å². The Kier molecular flexibility index (Phi) is 2.82. The molecular formula is C12H15NO. The van der Waals surface area contributed by atoms with Gasteiger partial charge in [0.2, 0.25) is 0 Å². The van der Waals surface area contributed by atoms with E-state index in [1.807, 2.05) is 18.2 Å². The molecule has 2 nitrogen and oxygen atoms in total. The Morgan fingerprint density at radius 1 is 1.21 bits per heavy atom. The van der Waals surface area contributed by atoms with Crippen molar-refractivity contribution >= 4 is 12.0 Å². The highest BCUT2D eigenvalue weighted by Crippen LogP contribution is 2.24. The summed E-state index contributed by atoms with van der Waals surface area (Å²) in [7, 11) is 0. The van der Waals surface area contributed by atoms with Crippen LogP contribution in [-0.2, 0) is 11.2 Å². The zero-order chi connectivity index (χ0) is 9.80. The monoisotopic (exact) mass is 189 g/mol. The molecule has 0 atom stereocenters. The van der Waals surface area contributed by atoms with Gasteiger partial charge in [0.25, 0.3) is 0 Å². The van der Waals surface area contributed by atoms with Crippen molar-refractivity contribution < 1.29 is 4.79 Å². The highest BCUT2D eigenvalue weighted by molar-refractivity contribution is 5.63. The first-order valence-electron chi connectivity index (χ1n) is 5.18. The number of rotatable bonds is 3. The minimum Gasteiger partial charge on any atom is -0.371 e. The molecular weight excluding hydrogens is 174 g/mol. The van der Waals surface area contributed by atoms with Gasteiger partial charge in [-0.15, -0.1) is 0 Å². The molecule has 1 fully saturated rings. The number of aldehydes is 1. The lowest BCUT2D eigenvalue weighted by atomic mass is 10.1. The van der Waals surface area contributed by atoms with Crippen LogP contribution in [0.5, 0.6) is 0 Å². The van der Waals surface area contributed by atoms with E-state index in [4.69, 9.17) is 0 Å². The van der Waals surface area contributed by atoms with E-state index >= 15 is 0 Å². The van der Waals surface area contributed by atoms with Crippen molar-refractivity contribution in [3.63, 3.8) is 0 Å². The van der Waals surface area contributed by atoms with E-state index in [1.54, 1.807) is 0 Å². The summed E-state index contributed by atoms with van der Waals surface area (Å²) in [5.74, 6) is 0. The Balaban J connectivity index is 2.25. The lowest BCUT2D eigenvalue weighted by Crippen LogP contribution is -2.19. The van der Waals surface area contributed by atoms with Crippen LogP contribution in [0.15, 0.2) is 24.3 Å². The first kappa shape index (κ1) is 9.25. The zero-order valence-corrected chi connectivity index (χ0v) is 8.28. The predicted octanol–water partition coefficient (Wildman–Crippen LogP) is 2.03. The third-order valence-corrected chi connectivity index (χ3v) is 2.74. The summed E-state index contributed by atoms with van der Waals surface area (Å²) in [5, 5.41) is 0. The van der Waals surface area contributed by atoms with Gasteiger partial charge in [0.1, 0.15) is 6.29 Å². The van der Waals surface area contributed by atoms with E-state index in [1.165, 1.54) is 18.5 Å². The summed E-state index contributed by atoms with van der Waals surface area (Å²) in [5.41, 5.74) is 2.40. The van der Waals surface area contributed by atoms with Crippen molar-refractivity contribution in [2.45, 2.75) is 19.3 Å². The van der Waals surface area contributed by atoms with Crippen LogP contribution in [-0.4, -0.2) is 19.4 Å². The lowest BCUT2D eigenvalue weighted by Gasteiger charge is -2.20. The number of carbonyl (C=O) groups is 1. The van der Waals surface area contributed by atoms with Crippen LogP contribution >= 0.6 is 0 Å². The van der Waals surface area contributed by atoms with Crippen LogP contribution in [0.3, 0.4) is 0 Å². The zero-order valence-electron chi connectivity index (χ0n) is 8.28. The summed E-state index contributed by atoms with van der Waals surface area (Å²) in [6.45, 7) is 2.27. The van der Waals surface area contributed by atoms with Crippen molar-refractivity contribution in [2.24, 2.45) is 0 Å². The molecule has 0 spiro atoms. The van der Waals surface area contributed by atoms with Gasteiger partial charge in [0.05, 0.1) is 0 Å². The number of hydrogen-bond acceptors (Lipinski definition) is 2. The standard InChI is InChI=1S/C12H15NO/c14-10-7-11-5-1-2-6-12(11)13-8-3-4-9-13/h1-2,5-6,10H,3-4,7-9H2. The summed E-state index contributed by atoms with van der Waals surface area (Å²) in [6, 6.07) is 8.20. The summed E-state index contributed by atoms with van der Waals surface area (Å²) in [4.78, 5) is 12.9. The van der Waals surface area contributed by atoms with E-state index < -0.39 is 0 Å². The largest absolute Gasteiger partial charge is 0.371 e. The molecule has 0 unspecified atom stereocenters. The maximum Gasteiger partial charge on any atom is 0.124 e. The fourth-order valence-corrected chi connectivity index (χ4v) is 2.04. The fourth-order valence-electron chi connectivity index (χ4n) is 2.04. The van der Waals surface area contributed by atoms with Crippen molar-refractivity contribution in [3.05, 3.63) is 29.8 Å². The van der Waals surface area contributed by atoms with E-state index in [2.05, 4.69) is 11.0 Å². The van der Waals surface area contributed by atoms with Crippen LogP contribution in [0.4, 0.5) is 5.69 Å². The van der Waals surface area contributed by atoms with Crippen LogP contribution < -0.4 is 4.90 Å². The molecule has 0 bridgehead atoms. The SMILES string of the molecule is O=CCc1ccccc1N1CCCC1. The molecule has 0 N–H and O–H groups in total. The molecule has 1 aromatic carbocycles. The van der Waals surface area contributed by atoms with Gasteiger partial charge in [-0.2, -0.15) is 0 Å². The number of nitrogens with zero attached hydrogens (tertiary/aromatic N) is 1. The second-order valence-corrected chi connectivity index (χ2v) is 3.69. The van der Waals surface area contributed by atoms with Crippen molar-refractivity contribution in [3.8, 4) is 0 Å². The maximum atomic E-state index is 10.5. The van der Waals surface area contributed by atoms with Crippen molar-refractivity contribution in [1.82, 2.24) is 0 Å². The predicted molar refractivity (Wildman–Crippen MR) is 57.7 cm³/mol. The summed E-state index contributed by atoms with van der Waals surface area (Å²) < 4.78 is 0. The van der Waals surface area contributed by atoms with Crippen molar-refractivity contribution in [1.29, 1.82) is 0 Å². The molecule has 0 aliphatic carbocycles. The minimum atomic E-state index is 0.534. The first-order valence-corrected chi connectivity index (χ1v) is 5.18. The number of benzene rings is 1. The highest BCUT2D eigenvalue weighted by atomic mass is 16.1. The number of hydrogen-bond donors (Lipinski definition) is 0. The number of anilines is 1. The smallest absolute Gasteiger partial charge is 0.124 e. The fraction of sp³-hybridized carbons (Fsp3) is 0.417. The molecule has 1 aromatic rings. The third kappa shape index (κ3) is 1.79. The van der Waals surface area contributed by atoms with E-state index in [-0.39, 0.29) is 0 Å². The quantitative estimate of drug-likeness (QED) is 0.678. The summed E-state index contributed by atoms with van der Waals surface area (Å²) in [6.07, 6.45) is 4.06. The van der Waals surface area contributed by atoms with Gasteiger partial charge in [-0.3, -0.25) is 0 Å². The van der Waals surface area contributed by atoms with Gasteiger partial charge in [0, 0.05) is 25.2 Å². The Labute approximate surface area is 84.5 Å². The second kappa shape index (κ2) is 4.27. The molecule has 0 saturated carbocycles.